The summed E-state index contributed by atoms with van der Waals surface area (Å²) in [5, 5.41) is 7.12. The Bertz CT molecular complexity index is 896. The van der Waals surface area contributed by atoms with E-state index in [0.29, 0.717) is 6.61 Å². The van der Waals surface area contributed by atoms with Gasteiger partial charge in [0.2, 0.25) is 5.82 Å². The minimum Gasteiger partial charge on any atom is -0.475 e. The van der Waals surface area contributed by atoms with Crippen molar-refractivity contribution < 1.29 is 32.6 Å². The van der Waals surface area contributed by atoms with Gasteiger partial charge >= 0.3 is 12.1 Å². The Morgan fingerprint density at radius 2 is 1.90 bits per heavy atom. The number of likely N-dealkylation sites (tertiary alicyclic amines) is 1. The first-order valence-corrected chi connectivity index (χ1v) is 10.2. The van der Waals surface area contributed by atoms with Crippen LogP contribution in [0.1, 0.15) is 22.6 Å². The number of carboxylic acids is 1. The number of hydrogen-bond acceptors (Lipinski definition) is 7. The van der Waals surface area contributed by atoms with Crippen LogP contribution in [-0.4, -0.2) is 72.7 Å². The van der Waals surface area contributed by atoms with Gasteiger partial charge in [0.05, 0.1) is 17.5 Å². The first kappa shape index (κ1) is 22.9. The topological polar surface area (TPSA) is 106 Å². The van der Waals surface area contributed by atoms with E-state index in [-0.39, 0.29) is 22.6 Å². The Morgan fingerprint density at radius 1 is 1.23 bits per heavy atom. The molecule has 1 amide bonds. The number of halogens is 3. The number of carbonyl (C=O) groups excluding carboxylic acids is 1. The van der Waals surface area contributed by atoms with Crippen molar-refractivity contribution in [3.63, 3.8) is 0 Å². The second-order valence-corrected chi connectivity index (χ2v) is 8.52. The van der Waals surface area contributed by atoms with Gasteiger partial charge in [-0.05, 0) is 24.1 Å². The molecule has 1 atom stereocenters. The molecule has 2 saturated heterocycles. The maximum Gasteiger partial charge on any atom is 0.490 e. The summed E-state index contributed by atoms with van der Waals surface area (Å²) in [6.07, 6.45) is 2.93. The minimum atomic E-state index is -5.08. The van der Waals surface area contributed by atoms with E-state index in [4.69, 9.17) is 14.6 Å². The van der Waals surface area contributed by atoms with E-state index >= 15 is 0 Å². The summed E-state index contributed by atoms with van der Waals surface area (Å²) < 4.78 is 37.9. The highest BCUT2D eigenvalue weighted by Crippen LogP contribution is 2.46. The van der Waals surface area contributed by atoms with Crippen molar-refractivity contribution in [2.45, 2.75) is 30.1 Å². The van der Waals surface area contributed by atoms with Crippen LogP contribution in [0, 0.1) is 0 Å². The van der Waals surface area contributed by atoms with E-state index in [0.717, 1.165) is 30.8 Å². The first-order valence-electron chi connectivity index (χ1n) is 9.19. The standard InChI is InChI=1S/C17H18N4O2S.C2HF3O2/c22-16(15-19-5-2-6-20-15)21-11-17(12-21)7-14(10-24-17)23-9-13-3-1-4-18-8-13;3-2(4,5)1(6)7/h1-6,8,14H,7,9-12H2;(H,6,7). The van der Waals surface area contributed by atoms with Crippen molar-refractivity contribution in [1.29, 1.82) is 0 Å². The van der Waals surface area contributed by atoms with Crippen molar-refractivity contribution in [2.24, 2.45) is 0 Å². The molecule has 1 unspecified atom stereocenters. The van der Waals surface area contributed by atoms with Crippen LogP contribution in [-0.2, 0) is 16.1 Å². The minimum absolute atomic E-state index is 0.0819. The van der Waals surface area contributed by atoms with Crippen LogP contribution in [0.15, 0.2) is 43.0 Å². The van der Waals surface area contributed by atoms with E-state index in [1.54, 1.807) is 24.7 Å². The Hall–Kier alpha value is -2.73. The van der Waals surface area contributed by atoms with Gasteiger partial charge in [0.25, 0.3) is 5.91 Å². The number of hydrogen-bond donors (Lipinski definition) is 1. The van der Waals surface area contributed by atoms with E-state index in [9.17, 15) is 18.0 Å². The number of aliphatic carboxylic acids is 1. The Balaban J connectivity index is 0.000000339. The normalized spacial score (nSPS) is 19.3. The maximum atomic E-state index is 12.3. The second kappa shape index (κ2) is 9.60. The van der Waals surface area contributed by atoms with Crippen LogP contribution < -0.4 is 0 Å². The van der Waals surface area contributed by atoms with Crippen LogP contribution in [0.3, 0.4) is 0 Å². The molecule has 2 aromatic rings. The highest BCUT2D eigenvalue weighted by Gasteiger charge is 2.51. The van der Waals surface area contributed by atoms with E-state index in [2.05, 4.69) is 15.0 Å². The zero-order chi connectivity index (χ0) is 22.5. The Morgan fingerprint density at radius 3 is 2.48 bits per heavy atom. The van der Waals surface area contributed by atoms with Crippen molar-refractivity contribution in [3.8, 4) is 0 Å². The van der Waals surface area contributed by atoms with Crippen LogP contribution in [0.25, 0.3) is 0 Å². The molecule has 0 aliphatic carbocycles. The summed E-state index contributed by atoms with van der Waals surface area (Å²) in [7, 11) is 0. The molecule has 0 bridgehead atoms. The zero-order valence-electron chi connectivity index (χ0n) is 16.2. The quantitative estimate of drug-likeness (QED) is 0.748. The van der Waals surface area contributed by atoms with Gasteiger partial charge in [-0.3, -0.25) is 9.78 Å². The molecule has 8 nitrogen and oxygen atoms in total. The van der Waals surface area contributed by atoms with Gasteiger partial charge in [-0.25, -0.2) is 14.8 Å². The summed E-state index contributed by atoms with van der Waals surface area (Å²) in [6, 6.07) is 5.66. The molecule has 31 heavy (non-hydrogen) atoms. The van der Waals surface area contributed by atoms with E-state index in [1.807, 2.05) is 35.0 Å². The largest absolute Gasteiger partial charge is 0.490 e. The van der Waals surface area contributed by atoms with Gasteiger partial charge in [-0.2, -0.15) is 13.2 Å². The van der Waals surface area contributed by atoms with E-state index in [1.165, 1.54) is 0 Å². The lowest BCUT2D eigenvalue weighted by atomic mass is 9.93. The monoisotopic (exact) mass is 456 g/mol. The van der Waals surface area contributed by atoms with Crippen LogP contribution >= 0.6 is 11.8 Å². The lowest BCUT2D eigenvalue weighted by Gasteiger charge is -2.47. The average molecular weight is 456 g/mol. The molecule has 2 aliphatic rings. The van der Waals surface area contributed by atoms with Gasteiger partial charge in [0.15, 0.2) is 0 Å². The molecule has 12 heteroatoms. The number of carbonyl (C=O) groups is 2. The Labute approximate surface area is 179 Å². The number of alkyl halides is 3. The SMILES string of the molecule is O=C(O)C(F)(F)F.O=C(c1ncccn1)N1CC2(CC(OCc3cccnc3)CS2)C1. The van der Waals surface area contributed by atoms with E-state index < -0.39 is 12.1 Å². The van der Waals surface area contributed by atoms with Crippen molar-refractivity contribution in [2.75, 3.05) is 18.8 Å². The summed E-state index contributed by atoms with van der Waals surface area (Å²) in [4.78, 5) is 35.2. The predicted molar refractivity (Wildman–Crippen MR) is 104 cm³/mol. The van der Waals surface area contributed by atoms with Crippen LogP contribution in [0.2, 0.25) is 0 Å². The van der Waals surface area contributed by atoms with Gasteiger partial charge in [0, 0.05) is 43.6 Å². The van der Waals surface area contributed by atoms with Crippen molar-refractivity contribution in [1.82, 2.24) is 19.9 Å². The molecule has 2 aliphatic heterocycles. The fraction of sp³-hybridized carbons (Fsp3) is 0.421. The predicted octanol–water partition coefficient (Wildman–Crippen LogP) is 2.42. The molecule has 1 spiro atoms. The molecule has 0 radical (unpaired) electrons. The maximum absolute atomic E-state index is 12.3. The highest BCUT2D eigenvalue weighted by molar-refractivity contribution is 8.01. The summed E-state index contributed by atoms with van der Waals surface area (Å²) in [6.45, 7) is 2.10. The molecule has 166 valence electrons. The number of pyridine rings is 1. The van der Waals surface area contributed by atoms with Gasteiger partial charge in [0.1, 0.15) is 0 Å². The average Bonchev–Trinajstić information content (AvgIpc) is 3.17. The Kier molecular flexibility index (Phi) is 7.11. The molecule has 2 fully saturated rings. The number of carboxylic acid groups (broad SMARTS) is 1. The molecule has 2 aromatic heterocycles. The smallest absolute Gasteiger partial charge is 0.475 e. The van der Waals surface area contributed by atoms with Gasteiger partial charge < -0.3 is 14.7 Å². The number of ether oxygens (including phenoxy) is 1. The summed E-state index contributed by atoms with van der Waals surface area (Å²) >= 11 is 1.92. The lowest BCUT2D eigenvalue weighted by molar-refractivity contribution is -0.192. The first-order chi connectivity index (χ1) is 14.7. The molecule has 0 aromatic carbocycles. The second-order valence-electron chi connectivity index (χ2n) is 7.03. The third kappa shape index (κ3) is 6.14. The fourth-order valence-electron chi connectivity index (χ4n) is 3.17. The van der Waals surface area contributed by atoms with Crippen molar-refractivity contribution >= 4 is 23.6 Å². The lowest BCUT2D eigenvalue weighted by Crippen LogP contribution is -2.61. The zero-order valence-corrected chi connectivity index (χ0v) is 17.0. The molecule has 4 heterocycles. The number of thioether (sulfide) groups is 1. The molecule has 1 N–H and O–H groups in total. The number of nitrogens with zero attached hydrogens (tertiary/aromatic N) is 4. The van der Waals surface area contributed by atoms with Gasteiger partial charge in [-0.15, -0.1) is 11.8 Å². The molecule has 4 rings (SSSR count). The highest BCUT2D eigenvalue weighted by atomic mass is 32.2. The molecular formula is C19H19F3N4O4S. The van der Waals surface area contributed by atoms with Gasteiger partial charge in [-0.1, -0.05) is 6.07 Å². The number of amides is 1. The number of rotatable bonds is 4. The fourth-order valence-corrected chi connectivity index (χ4v) is 4.72. The molecule has 0 saturated carbocycles. The van der Waals surface area contributed by atoms with Crippen LogP contribution in [0.4, 0.5) is 13.2 Å². The van der Waals surface area contributed by atoms with Crippen LogP contribution in [0.5, 0.6) is 0 Å². The van der Waals surface area contributed by atoms with Crippen molar-refractivity contribution in [3.05, 3.63) is 54.4 Å². The third-order valence-corrected chi connectivity index (χ3v) is 6.20. The number of aromatic nitrogens is 3. The molecular weight excluding hydrogens is 437 g/mol. The third-order valence-electron chi connectivity index (χ3n) is 4.63. The summed E-state index contributed by atoms with van der Waals surface area (Å²) in [5.41, 5.74) is 1.09. The summed E-state index contributed by atoms with van der Waals surface area (Å²) in [5.74, 6) is -1.58.